The zero-order chi connectivity index (χ0) is 14.9. The second kappa shape index (κ2) is 8.29. The molecule has 21 heavy (non-hydrogen) atoms. The van der Waals surface area contributed by atoms with Gasteiger partial charge in [-0.05, 0) is 18.4 Å². The average Bonchev–Trinajstić information content (AvgIpc) is 2.74. The van der Waals surface area contributed by atoms with E-state index in [9.17, 15) is 0 Å². The maximum atomic E-state index is 7.41. The monoisotopic (exact) mass is 287 g/mol. The van der Waals surface area contributed by atoms with Crippen molar-refractivity contribution in [1.82, 2.24) is 10.6 Å². The third-order valence-electron chi connectivity index (χ3n) is 3.69. The van der Waals surface area contributed by atoms with Crippen LogP contribution in [0.2, 0.25) is 0 Å². The minimum Gasteiger partial charge on any atom is -0.370 e. The van der Waals surface area contributed by atoms with Gasteiger partial charge in [-0.2, -0.15) is 0 Å². The quantitative estimate of drug-likeness (QED) is 0.391. The van der Waals surface area contributed by atoms with E-state index in [0.29, 0.717) is 18.5 Å². The number of aliphatic imine (C=N–C) groups is 1. The Labute approximate surface area is 126 Å². The molecule has 1 aliphatic rings. The molecule has 0 aliphatic heterocycles. The van der Waals surface area contributed by atoms with Gasteiger partial charge in [0.15, 0.2) is 11.9 Å². The molecular formula is C16H25N5. The van der Waals surface area contributed by atoms with Crippen LogP contribution in [0.5, 0.6) is 0 Å². The second-order valence-electron chi connectivity index (χ2n) is 5.50. The van der Waals surface area contributed by atoms with Crippen LogP contribution in [0.1, 0.15) is 44.1 Å². The molecule has 0 atom stereocenters. The fourth-order valence-electron chi connectivity index (χ4n) is 2.60. The van der Waals surface area contributed by atoms with E-state index in [4.69, 9.17) is 16.1 Å². The SMILES string of the molecule is N=C(N)NC(=NC1CCCCCC1)NCc1ccccc1. The van der Waals surface area contributed by atoms with Crippen molar-refractivity contribution in [3.05, 3.63) is 35.9 Å². The zero-order valence-corrected chi connectivity index (χ0v) is 12.4. The molecular weight excluding hydrogens is 262 g/mol. The molecule has 114 valence electrons. The van der Waals surface area contributed by atoms with E-state index in [0.717, 1.165) is 12.8 Å². The maximum absolute atomic E-state index is 7.41. The molecule has 2 rings (SSSR count). The van der Waals surface area contributed by atoms with Gasteiger partial charge in [0.05, 0.1) is 6.04 Å². The predicted octanol–water partition coefficient (Wildman–Crippen LogP) is 2.34. The minimum absolute atomic E-state index is 0.0806. The maximum Gasteiger partial charge on any atom is 0.198 e. The lowest BCUT2D eigenvalue weighted by molar-refractivity contribution is 0.580. The molecule has 1 aromatic carbocycles. The molecule has 5 heteroatoms. The van der Waals surface area contributed by atoms with Crippen LogP contribution in [-0.2, 0) is 6.54 Å². The molecule has 0 amide bonds. The van der Waals surface area contributed by atoms with E-state index in [1.54, 1.807) is 0 Å². The van der Waals surface area contributed by atoms with Crippen molar-refractivity contribution in [3.8, 4) is 0 Å². The summed E-state index contributed by atoms with van der Waals surface area (Å²) in [6, 6.07) is 10.5. The number of benzene rings is 1. The van der Waals surface area contributed by atoms with E-state index in [2.05, 4.69) is 22.8 Å². The minimum atomic E-state index is -0.0806. The Bertz CT molecular complexity index is 461. The van der Waals surface area contributed by atoms with Gasteiger partial charge in [0.1, 0.15) is 0 Å². The summed E-state index contributed by atoms with van der Waals surface area (Å²) in [6.07, 6.45) is 7.32. The molecule has 0 unspecified atom stereocenters. The summed E-state index contributed by atoms with van der Waals surface area (Å²) in [5, 5.41) is 13.5. The summed E-state index contributed by atoms with van der Waals surface area (Å²) in [5.41, 5.74) is 6.63. The molecule has 5 nitrogen and oxygen atoms in total. The van der Waals surface area contributed by atoms with Crippen LogP contribution in [0.25, 0.3) is 0 Å². The molecule has 1 aliphatic carbocycles. The number of rotatable bonds is 3. The molecule has 1 aromatic rings. The summed E-state index contributed by atoms with van der Waals surface area (Å²) < 4.78 is 0. The van der Waals surface area contributed by atoms with E-state index in [-0.39, 0.29) is 5.96 Å². The van der Waals surface area contributed by atoms with E-state index in [1.165, 1.54) is 31.2 Å². The van der Waals surface area contributed by atoms with Gasteiger partial charge in [0, 0.05) is 6.54 Å². The van der Waals surface area contributed by atoms with Crippen LogP contribution in [-0.4, -0.2) is 18.0 Å². The number of nitrogens with one attached hydrogen (secondary N) is 3. The lowest BCUT2D eigenvalue weighted by atomic mass is 10.1. The van der Waals surface area contributed by atoms with Gasteiger partial charge in [0.25, 0.3) is 0 Å². The third kappa shape index (κ3) is 5.85. The van der Waals surface area contributed by atoms with E-state index >= 15 is 0 Å². The largest absolute Gasteiger partial charge is 0.370 e. The third-order valence-corrected chi connectivity index (χ3v) is 3.69. The van der Waals surface area contributed by atoms with Crippen molar-refractivity contribution in [1.29, 1.82) is 5.41 Å². The predicted molar refractivity (Wildman–Crippen MR) is 87.3 cm³/mol. The number of hydrogen-bond donors (Lipinski definition) is 4. The summed E-state index contributed by atoms with van der Waals surface area (Å²) in [6.45, 7) is 0.673. The lowest BCUT2D eigenvalue weighted by Crippen LogP contribution is -2.44. The van der Waals surface area contributed by atoms with Gasteiger partial charge in [0.2, 0.25) is 0 Å². The summed E-state index contributed by atoms with van der Waals surface area (Å²) in [5.74, 6) is 0.529. The van der Waals surface area contributed by atoms with Gasteiger partial charge in [-0.15, -0.1) is 0 Å². The summed E-state index contributed by atoms with van der Waals surface area (Å²) >= 11 is 0. The summed E-state index contributed by atoms with van der Waals surface area (Å²) in [4.78, 5) is 4.72. The van der Waals surface area contributed by atoms with Crippen molar-refractivity contribution in [2.24, 2.45) is 10.7 Å². The van der Waals surface area contributed by atoms with Crippen LogP contribution >= 0.6 is 0 Å². The van der Waals surface area contributed by atoms with Crippen molar-refractivity contribution in [3.63, 3.8) is 0 Å². The molecule has 1 fully saturated rings. The highest BCUT2D eigenvalue weighted by atomic mass is 15.2. The zero-order valence-electron chi connectivity index (χ0n) is 12.4. The first-order chi connectivity index (χ1) is 10.2. The molecule has 0 radical (unpaired) electrons. The highest BCUT2D eigenvalue weighted by molar-refractivity contribution is 5.96. The molecule has 0 spiro atoms. The molecule has 0 aromatic heterocycles. The van der Waals surface area contributed by atoms with Crippen LogP contribution < -0.4 is 16.4 Å². The highest BCUT2D eigenvalue weighted by Gasteiger charge is 2.12. The van der Waals surface area contributed by atoms with Crippen molar-refractivity contribution >= 4 is 11.9 Å². The van der Waals surface area contributed by atoms with Gasteiger partial charge >= 0.3 is 0 Å². The Morgan fingerprint density at radius 3 is 2.43 bits per heavy atom. The summed E-state index contributed by atoms with van der Waals surface area (Å²) in [7, 11) is 0. The fourth-order valence-corrected chi connectivity index (χ4v) is 2.60. The Balaban J connectivity index is 1.97. The Hall–Kier alpha value is -2.04. The topological polar surface area (TPSA) is 86.3 Å². The highest BCUT2D eigenvalue weighted by Crippen LogP contribution is 2.19. The van der Waals surface area contributed by atoms with Gasteiger partial charge in [-0.3, -0.25) is 10.7 Å². The number of nitrogens with zero attached hydrogens (tertiary/aromatic N) is 1. The van der Waals surface area contributed by atoms with Crippen molar-refractivity contribution in [2.75, 3.05) is 0 Å². The standard InChI is InChI=1S/C16H25N5/c17-15(18)21-16(19-12-13-8-4-3-5-9-13)20-14-10-6-1-2-7-11-14/h3-5,8-9,14H,1-2,6-7,10-12H2,(H5,17,18,19,20,21). The van der Waals surface area contributed by atoms with E-state index < -0.39 is 0 Å². The first kappa shape index (κ1) is 15.4. The molecule has 0 heterocycles. The normalized spacial score (nSPS) is 17.0. The van der Waals surface area contributed by atoms with Crippen molar-refractivity contribution < 1.29 is 0 Å². The Morgan fingerprint density at radius 2 is 1.81 bits per heavy atom. The number of hydrogen-bond acceptors (Lipinski definition) is 2. The first-order valence-corrected chi connectivity index (χ1v) is 7.70. The second-order valence-corrected chi connectivity index (χ2v) is 5.50. The van der Waals surface area contributed by atoms with Gasteiger partial charge < -0.3 is 11.1 Å². The van der Waals surface area contributed by atoms with Crippen LogP contribution in [0, 0.1) is 5.41 Å². The molecule has 0 saturated heterocycles. The number of nitrogens with two attached hydrogens (primary N) is 1. The molecule has 0 bridgehead atoms. The average molecular weight is 287 g/mol. The van der Waals surface area contributed by atoms with Crippen LogP contribution in [0.15, 0.2) is 35.3 Å². The van der Waals surface area contributed by atoms with Gasteiger partial charge in [-0.25, -0.2) is 4.99 Å². The first-order valence-electron chi connectivity index (χ1n) is 7.70. The Kier molecular flexibility index (Phi) is 6.06. The fraction of sp³-hybridized carbons (Fsp3) is 0.500. The lowest BCUT2D eigenvalue weighted by Gasteiger charge is -2.15. The van der Waals surface area contributed by atoms with Gasteiger partial charge in [-0.1, -0.05) is 56.0 Å². The van der Waals surface area contributed by atoms with Crippen LogP contribution in [0.4, 0.5) is 0 Å². The Morgan fingerprint density at radius 1 is 1.14 bits per heavy atom. The smallest absolute Gasteiger partial charge is 0.198 e. The van der Waals surface area contributed by atoms with E-state index in [1.807, 2.05) is 18.2 Å². The number of guanidine groups is 2. The molecule has 5 N–H and O–H groups in total. The van der Waals surface area contributed by atoms with Crippen LogP contribution in [0.3, 0.4) is 0 Å². The molecule has 1 saturated carbocycles. The van der Waals surface area contributed by atoms with Crippen molar-refractivity contribution in [2.45, 2.75) is 51.1 Å².